The fourth-order valence-corrected chi connectivity index (χ4v) is 2.13. The van der Waals surface area contributed by atoms with Crippen LogP contribution in [0.1, 0.15) is 18.2 Å². The molecule has 0 bridgehead atoms. The van der Waals surface area contributed by atoms with Gasteiger partial charge in [-0.15, -0.1) is 0 Å². The monoisotopic (exact) mass is 217 g/mol. The molecule has 0 aliphatic rings. The van der Waals surface area contributed by atoms with Gasteiger partial charge in [-0.2, -0.15) is 0 Å². The Hall–Kier alpha value is -1.28. The molecule has 2 nitrogen and oxygen atoms in total. The van der Waals surface area contributed by atoms with E-state index in [1.54, 1.807) is 0 Å². The summed E-state index contributed by atoms with van der Waals surface area (Å²) in [5, 5.41) is 1.33. The van der Waals surface area contributed by atoms with Crippen LogP contribution in [-0.2, 0) is 11.3 Å². The first-order chi connectivity index (χ1) is 7.72. The number of rotatable bonds is 4. The highest BCUT2D eigenvalue weighted by Crippen LogP contribution is 2.20. The topological polar surface area (TPSA) is 14.2 Å². The highest BCUT2D eigenvalue weighted by molar-refractivity contribution is 5.82. The van der Waals surface area contributed by atoms with Gasteiger partial charge in [-0.1, -0.05) is 11.6 Å². The van der Waals surface area contributed by atoms with E-state index in [2.05, 4.69) is 42.7 Å². The van der Waals surface area contributed by atoms with Crippen molar-refractivity contribution >= 4 is 10.9 Å². The number of fused-ring (bicyclic) bond motifs is 1. The maximum Gasteiger partial charge on any atom is 0.0645 e. The van der Waals surface area contributed by atoms with Gasteiger partial charge in [0.05, 0.1) is 6.61 Å². The lowest BCUT2D eigenvalue weighted by Gasteiger charge is -2.08. The summed E-state index contributed by atoms with van der Waals surface area (Å²) >= 11 is 0. The summed E-state index contributed by atoms with van der Waals surface area (Å²) in [6.45, 7) is 8.83. The minimum Gasteiger partial charge on any atom is -0.380 e. The number of aryl methyl sites for hydroxylation is 2. The minimum absolute atomic E-state index is 0.787. The van der Waals surface area contributed by atoms with E-state index in [0.717, 1.165) is 19.8 Å². The van der Waals surface area contributed by atoms with Crippen LogP contribution in [0.2, 0.25) is 0 Å². The van der Waals surface area contributed by atoms with Gasteiger partial charge in [0.25, 0.3) is 0 Å². The van der Waals surface area contributed by atoms with E-state index >= 15 is 0 Å². The van der Waals surface area contributed by atoms with E-state index in [1.165, 1.54) is 22.2 Å². The molecule has 1 heterocycles. The van der Waals surface area contributed by atoms with Gasteiger partial charge in [0.2, 0.25) is 0 Å². The number of nitrogens with zero attached hydrogens (tertiary/aromatic N) is 1. The van der Waals surface area contributed by atoms with Crippen molar-refractivity contribution in [2.75, 3.05) is 13.2 Å². The Kier molecular flexibility index (Phi) is 3.30. The van der Waals surface area contributed by atoms with Gasteiger partial charge < -0.3 is 9.30 Å². The lowest BCUT2D eigenvalue weighted by molar-refractivity contribution is 0.139. The molecule has 0 aliphatic carbocycles. The van der Waals surface area contributed by atoms with Crippen LogP contribution < -0.4 is 0 Å². The summed E-state index contributed by atoms with van der Waals surface area (Å²) in [5.41, 5.74) is 3.93. The van der Waals surface area contributed by atoms with Gasteiger partial charge in [-0.25, -0.2) is 0 Å². The minimum atomic E-state index is 0.787. The molecule has 0 radical (unpaired) electrons. The summed E-state index contributed by atoms with van der Waals surface area (Å²) in [6, 6.07) is 8.84. The normalized spacial score (nSPS) is 11.2. The van der Waals surface area contributed by atoms with Crippen molar-refractivity contribution in [1.82, 2.24) is 4.57 Å². The van der Waals surface area contributed by atoms with Gasteiger partial charge in [-0.3, -0.25) is 0 Å². The maximum atomic E-state index is 5.41. The molecule has 0 atom stereocenters. The molecule has 0 N–H and O–H groups in total. The van der Waals surface area contributed by atoms with Crippen molar-refractivity contribution in [2.24, 2.45) is 0 Å². The fourth-order valence-electron chi connectivity index (χ4n) is 2.13. The highest BCUT2D eigenvalue weighted by Gasteiger charge is 2.04. The predicted octanol–water partition coefficient (Wildman–Crippen LogP) is 3.29. The van der Waals surface area contributed by atoms with Crippen molar-refractivity contribution in [1.29, 1.82) is 0 Å². The largest absolute Gasteiger partial charge is 0.380 e. The predicted molar refractivity (Wildman–Crippen MR) is 67.9 cm³/mol. The Bertz CT molecular complexity index is 485. The second-order valence-electron chi connectivity index (χ2n) is 4.20. The van der Waals surface area contributed by atoms with Crippen LogP contribution >= 0.6 is 0 Å². The Balaban J connectivity index is 2.32. The molecule has 1 aromatic carbocycles. The molecule has 0 fully saturated rings. The molecule has 0 saturated heterocycles. The number of aromatic nitrogens is 1. The van der Waals surface area contributed by atoms with Gasteiger partial charge in [0.15, 0.2) is 0 Å². The van der Waals surface area contributed by atoms with Crippen molar-refractivity contribution < 1.29 is 4.74 Å². The van der Waals surface area contributed by atoms with Crippen LogP contribution in [0.4, 0.5) is 0 Å². The van der Waals surface area contributed by atoms with Gasteiger partial charge in [0.1, 0.15) is 0 Å². The van der Waals surface area contributed by atoms with Crippen molar-refractivity contribution in [3.63, 3.8) is 0 Å². The van der Waals surface area contributed by atoms with E-state index in [9.17, 15) is 0 Å². The quantitative estimate of drug-likeness (QED) is 0.717. The average Bonchev–Trinajstić information content (AvgIpc) is 2.55. The standard InChI is InChI=1S/C14H19NO/c1-4-16-8-7-15-12(3)10-13-9-11(2)5-6-14(13)15/h5-6,9-10H,4,7-8H2,1-3H3. The van der Waals surface area contributed by atoms with Gasteiger partial charge in [0, 0.05) is 29.7 Å². The molecular formula is C14H19NO. The summed E-state index contributed by atoms with van der Waals surface area (Å²) < 4.78 is 7.74. The van der Waals surface area contributed by atoms with Gasteiger partial charge >= 0.3 is 0 Å². The van der Waals surface area contributed by atoms with Crippen molar-refractivity contribution in [3.8, 4) is 0 Å². The van der Waals surface area contributed by atoms with E-state index < -0.39 is 0 Å². The smallest absolute Gasteiger partial charge is 0.0645 e. The van der Waals surface area contributed by atoms with Gasteiger partial charge in [-0.05, 0) is 39.0 Å². The van der Waals surface area contributed by atoms with Crippen molar-refractivity contribution in [2.45, 2.75) is 27.3 Å². The second-order valence-corrected chi connectivity index (χ2v) is 4.20. The summed E-state index contributed by atoms with van der Waals surface area (Å²) in [4.78, 5) is 0. The third-order valence-corrected chi connectivity index (χ3v) is 2.93. The summed E-state index contributed by atoms with van der Waals surface area (Å²) in [7, 11) is 0. The third-order valence-electron chi connectivity index (χ3n) is 2.93. The van der Waals surface area contributed by atoms with E-state index in [4.69, 9.17) is 4.74 Å². The molecule has 2 heteroatoms. The molecule has 2 rings (SSSR count). The molecule has 0 unspecified atom stereocenters. The first-order valence-corrected chi connectivity index (χ1v) is 5.86. The Morgan fingerprint density at radius 1 is 1.19 bits per heavy atom. The number of hydrogen-bond acceptors (Lipinski definition) is 1. The zero-order valence-electron chi connectivity index (χ0n) is 10.3. The molecule has 0 amide bonds. The molecule has 0 saturated carbocycles. The zero-order valence-corrected chi connectivity index (χ0v) is 10.3. The number of benzene rings is 1. The fraction of sp³-hybridized carbons (Fsp3) is 0.429. The Morgan fingerprint density at radius 2 is 2.00 bits per heavy atom. The van der Waals surface area contributed by atoms with Crippen molar-refractivity contribution in [3.05, 3.63) is 35.5 Å². The van der Waals surface area contributed by atoms with E-state index in [1.807, 2.05) is 6.92 Å². The molecule has 86 valence electrons. The van der Waals surface area contributed by atoms with Crippen LogP contribution in [0.5, 0.6) is 0 Å². The van der Waals surface area contributed by atoms with Crippen LogP contribution in [0.25, 0.3) is 10.9 Å². The molecule has 1 aromatic heterocycles. The summed E-state index contributed by atoms with van der Waals surface area (Å²) in [6.07, 6.45) is 0. The molecular weight excluding hydrogens is 198 g/mol. The van der Waals surface area contributed by atoms with Crippen LogP contribution in [0, 0.1) is 13.8 Å². The van der Waals surface area contributed by atoms with Crippen LogP contribution in [0.3, 0.4) is 0 Å². The molecule has 0 spiro atoms. The SMILES string of the molecule is CCOCCn1c(C)cc2cc(C)ccc21. The number of ether oxygens (including phenoxy) is 1. The first-order valence-electron chi connectivity index (χ1n) is 5.86. The lowest BCUT2D eigenvalue weighted by Crippen LogP contribution is -2.06. The second kappa shape index (κ2) is 4.71. The average molecular weight is 217 g/mol. The highest BCUT2D eigenvalue weighted by atomic mass is 16.5. The third kappa shape index (κ3) is 2.12. The zero-order chi connectivity index (χ0) is 11.5. The van der Waals surface area contributed by atoms with Crippen LogP contribution in [0.15, 0.2) is 24.3 Å². The Labute approximate surface area is 96.8 Å². The maximum absolute atomic E-state index is 5.41. The molecule has 16 heavy (non-hydrogen) atoms. The first kappa shape index (κ1) is 11.2. The number of hydrogen-bond donors (Lipinski definition) is 0. The Morgan fingerprint density at radius 3 is 2.75 bits per heavy atom. The molecule has 2 aromatic rings. The molecule has 0 aliphatic heterocycles. The van der Waals surface area contributed by atoms with E-state index in [0.29, 0.717) is 0 Å². The van der Waals surface area contributed by atoms with Crippen LogP contribution in [-0.4, -0.2) is 17.8 Å². The van der Waals surface area contributed by atoms with E-state index in [-0.39, 0.29) is 0 Å². The summed E-state index contributed by atoms with van der Waals surface area (Å²) in [5.74, 6) is 0. The lowest BCUT2D eigenvalue weighted by atomic mass is 10.2.